The Kier molecular flexibility index (Phi) is 46.9. The molecule has 0 aliphatic carbocycles. The topological polar surface area (TPSA) is 78.9 Å². The number of allylic oxidation sites excluding steroid dienone is 12. The molecule has 1 atom stereocenters. The van der Waals surface area contributed by atoms with Crippen LogP contribution in [0.4, 0.5) is 0 Å². The summed E-state index contributed by atoms with van der Waals surface area (Å²) in [5.41, 5.74) is 0. The standard InChI is InChI=1S/C55H94O6/c1-4-7-10-13-16-19-22-24-26-27-29-30-33-36-39-42-45-48-54(57)60-51-52(50-59-53(56)47-44-41-38-35-32-21-18-15-12-9-6-3)61-55(58)49-46-43-40-37-34-31-28-25-23-20-17-14-11-8-5-2/h9,12,18,21,24,26,29-30,35-36,38-39,52H,4-8,10-11,13-17,19-20,22-23,25,27-28,31-34,37,40-51H2,1-3H3/b12-9-,21-18-,26-24-,30-29-,38-35-,39-36-. The third-order valence-electron chi connectivity index (χ3n) is 10.7. The van der Waals surface area contributed by atoms with Crippen LogP contribution >= 0.6 is 0 Å². The summed E-state index contributed by atoms with van der Waals surface area (Å²) in [5, 5.41) is 0. The minimum Gasteiger partial charge on any atom is -0.462 e. The van der Waals surface area contributed by atoms with E-state index in [4.69, 9.17) is 14.2 Å². The highest BCUT2D eigenvalue weighted by Crippen LogP contribution is 2.15. The largest absolute Gasteiger partial charge is 0.462 e. The quantitative estimate of drug-likeness (QED) is 0.0263. The van der Waals surface area contributed by atoms with Crippen LogP contribution in [0.5, 0.6) is 0 Å². The molecular formula is C55H94O6. The zero-order chi connectivity index (χ0) is 44.4. The highest BCUT2D eigenvalue weighted by molar-refractivity contribution is 5.71. The summed E-state index contributed by atoms with van der Waals surface area (Å²) in [4.78, 5) is 37.9. The number of ether oxygens (including phenoxy) is 3. The first kappa shape index (κ1) is 57.9. The van der Waals surface area contributed by atoms with Crippen LogP contribution in [-0.4, -0.2) is 37.2 Å². The molecule has 0 aliphatic heterocycles. The van der Waals surface area contributed by atoms with Crippen molar-refractivity contribution in [2.24, 2.45) is 0 Å². The maximum atomic E-state index is 12.8. The van der Waals surface area contributed by atoms with Crippen LogP contribution in [0.2, 0.25) is 0 Å². The second-order valence-corrected chi connectivity index (χ2v) is 16.7. The molecule has 0 radical (unpaired) electrons. The number of hydrogen-bond acceptors (Lipinski definition) is 6. The van der Waals surface area contributed by atoms with Crippen LogP contribution in [0.15, 0.2) is 72.9 Å². The predicted molar refractivity (Wildman–Crippen MR) is 261 cm³/mol. The van der Waals surface area contributed by atoms with Crippen LogP contribution in [0.25, 0.3) is 0 Å². The third-order valence-corrected chi connectivity index (χ3v) is 10.7. The van der Waals surface area contributed by atoms with Gasteiger partial charge in [-0.1, -0.05) is 216 Å². The van der Waals surface area contributed by atoms with Gasteiger partial charge in [0.25, 0.3) is 0 Å². The van der Waals surface area contributed by atoms with E-state index in [1.54, 1.807) is 0 Å². The van der Waals surface area contributed by atoms with Gasteiger partial charge in [-0.2, -0.15) is 0 Å². The van der Waals surface area contributed by atoms with Crippen molar-refractivity contribution in [2.75, 3.05) is 13.2 Å². The average Bonchev–Trinajstić information content (AvgIpc) is 3.26. The molecule has 0 fully saturated rings. The Morgan fingerprint density at radius 2 is 0.656 bits per heavy atom. The van der Waals surface area contributed by atoms with Gasteiger partial charge in [-0.25, -0.2) is 0 Å². The Hall–Kier alpha value is -3.15. The SMILES string of the molecule is CC/C=C\C/C=C\C/C=C\CCCC(=O)OCC(COC(=O)CCC/C=C\C/C=C\C/C=C\CCCCCCCC)OC(=O)CCCCCCCCCCCCCCCCC. The average molecular weight is 851 g/mol. The summed E-state index contributed by atoms with van der Waals surface area (Å²) in [6.45, 7) is 6.42. The summed E-state index contributed by atoms with van der Waals surface area (Å²) in [6.07, 6.45) is 61.9. The fourth-order valence-electron chi connectivity index (χ4n) is 6.89. The van der Waals surface area contributed by atoms with Crippen molar-refractivity contribution < 1.29 is 28.6 Å². The summed E-state index contributed by atoms with van der Waals surface area (Å²) in [7, 11) is 0. The highest BCUT2D eigenvalue weighted by atomic mass is 16.6. The Bertz CT molecular complexity index is 1160. The molecule has 61 heavy (non-hydrogen) atoms. The van der Waals surface area contributed by atoms with Crippen molar-refractivity contribution in [1.29, 1.82) is 0 Å². The molecule has 0 aliphatic rings. The molecule has 0 saturated heterocycles. The molecule has 6 nitrogen and oxygen atoms in total. The van der Waals surface area contributed by atoms with Crippen LogP contribution in [0, 0.1) is 0 Å². The fraction of sp³-hybridized carbons (Fsp3) is 0.727. The first-order valence-electron chi connectivity index (χ1n) is 25.4. The molecule has 350 valence electrons. The van der Waals surface area contributed by atoms with Crippen LogP contribution in [-0.2, 0) is 28.6 Å². The molecule has 1 unspecified atom stereocenters. The second-order valence-electron chi connectivity index (χ2n) is 16.7. The Balaban J connectivity index is 4.47. The van der Waals surface area contributed by atoms with E-state index in [2.05, 4.69) is 93.7 Å². The van der Waals surface area contributed by atoms with Crippen molar-refractivity contribution in [3.63, 3.8) is 0 Å². The van der Waals surface area contributed by atoms with Gasteiger partial charge in [0.15, 0.2) is 6.10 Å². The third kappa shape index (κ3) is 47.7. The van der Waals surface area contributed by atoms with Gasteiger partial charge < -0.3 is 14.2 Å². The first-order chi connectivity index (χ1) is 30.0. The maximum Gasteiger partial charge on any atom is 0.306 e. The van der Waals surface area contributed by atoms with Gasteiger partial charge in [0.2, 0.25) is 0 Å². The van der Waals surface area contributed by atoms with Crippen LogP contribution < -0.4 is 0 Å². The van der Waals surface area contributed by atoms with Gasteiger partial charge >= 0.3 is 17.9 Å². The Labute approximate surface area is 376 Å². The molecule has 0 spiro atoms. The van der Waals surface area contributed by atoms with Crippen molar-refractivity contribution in [3.8, 4) is 0 Å². The highest BCUT2D eigenvalue weighted by Gasteiger charge is 2.19. The van der Waals surface area contributed by atoms with Gasteiger partial charge in [-0.3, -0.25) is 14.4 Å². The van der Waals surface area contributed by atoms with Crippen LogP contribution in [0.3, 0.4) is 0 Å². The maximum absolute atomic E-state index is 12.8. The normalized spacial score (nSPS) is 12.6. The number of rotatable bonds is 45. The summed E-state index contributed by atoms with van der Waals surface area (Å²) in [6, 6.07) is 0. The van der Waals surface area contributed by atoms with E-state index in [0.29, 0.717) is 19.3 Å². The Morgan fingerprint density at radius 1 is 0.344 bits per heavy atom. The zero-order valence-corrected chi connectivity index (χ0v) is 39.9. The number of unbranched alkanes of at least 4 members (excludes halogenated alkanes) is 22. The summed E-state index contributed by atoms with van der Waals surface area (Å²) < 4.78 is 16.7. The van der Waals surface area contributed by atoms with Gasteiger partial charge in [0, 0.05) is 19.3 Å². The molecule has 0 N–H and O–H groups in total. The lowest BCUT2D eigenvalue weighted by Crippen LogP contribution is -2.30. The monoisotopic (exact) mass is 851 g/mol. The molecule has 0 heterocycles. The van der Waals surface area contributed by atoms with Crippen molar-refractivity contribution in [2.45, 2.75) is 245 Å². The molecule has 0 aromatic heterocycles. The molecule has 6 heteroatoms. The van der Waals surface area contributed by atoms with Gasteiger partial charge in [-0.15, -0.1) is 0 Å². The zero-order valence-electron chi connectivity index (χ0n) is 39.9. The second kappa shape index (κ2) is 49.5. The minimum atomic E-state index is -0.812. The smallest absolute Gasteiger partial charge is 0.306 e. The number of esters is 3. The van der Waals surface area contributed by atoms with E-state index in [0.717, 1.165) is 64.2 Å². The molecule has 0 saturated carbocycles. The van der Waals surface area contributed by atoms with E-state index in [1.165, 1.54) is 122 Å². The molecule has 0 rings (SSSR count). The number of carbonyl (C=O) groups excluding carboxylic acids is 3. The molecule has 0 aromatic rings. The predicted octanol–water partition coefficient (Wildman–Crippen LogP) is 16.6. The van der Waals surface area contributed by atoms with E-state index in [1.807, 2.05) is 0 Å². The van der Waals surface area contributed by atoms with E-state index in [-0.39, 0.29) is 44.0 Å². The van der Waals surface area contributed by atoms with Gasteiger partial charge in [0.1, 0.15) is 13.2 Å². The van der Waals surface area contributed by atoms with Gasteiger partial charge in [0.05, 0.1) is 0 Å². The number of hydrogen-bond donors (Lipinski definition) is 0. The van der Waals surface area contributed by atoms with Crippen LogP contribution in [0.1, 0.15) is 239 Å². The fourth-order valence-corrected chi connectivity index (χ4v) is 6.89. The Morgan fingerprint density at radius 3 is 1.05 bits per heavy atom. The minimum absolute atomic E-state index is 0.116. The molecule has 0 aromatic carbocycles. The van der Waals surface area contributed by atoms with E-state index in [9.17, 15) is 14.4 Å². The first-order valence-corrected chi connectivity index (χ1v) is 25.4. The summed E-state index contributed by atoms with van der Waals surface area (Å²) >= 11 is 0. The molecular weight excluding hydrogens is 757 g/mol. The van der Waals surface area contributed by atoms with E-state index >= 15 is 0 Å². The van der Waals surface area contributed by atoms with E-state index < -0.39 is 6.10 Å². The van der Waals surface area contributed by atoms with Crippen molar-refractivity contribution in [3.05, 3.63) is 72.9 Å². The molecule has 0 amide bonds. The summed E-state index contributed by atoms with van der Waals surface area (Å²) in [5.74, 6) is -1.02. The van der Waals surface area contributed by atoms with Crippen molar-refractivity contribution in [1.82, 2.24) is 0 Å². The lowest BCUT2D eigenvalue weighted by molar-refractivity contribution is -0.167. The molecule has 0 bridgehead atoms. The van der Waals surface area contributed by atoms with Crippen molar-refractivity contribution >= 4 is 17.9 Å². The van der Waals surface area contributed by atoms with Gasteiger partial charge in [-0.05, 0) is 77.0 Å². The lowest BCUT2D eigenvalue weighted by atomic mass is 10.0. The lowest BCUT2D eigenvalue weighted by Gasteiger charge is -2.18. The number of carbonyl (C=O) groups is 3.